The molecule has 2 N–H and O–H groups in total. The molecule has 2 unspecified atom stereocenters. The van der Waals surface area contributed by atoms with Gasteiger partial charge in [-0.15, -0.1) is 6.58 Å². The number of nitrogens with zero attached hydrogens (tertiary/aromatic N) is 1. The summed E-state index contributed by atoms with van der Waals surface area (Å²) in [5, 5.41) is 7.85. The van der Waals surface area contributed by atoms with Gasteiger partial charge in [0.25, 0.3) is 0 Å². The fourth-order valence-corrected chi connectivity index (χ4v) is 5.76. The molecule has 1 aliphatic carbocycles. The summed E-state index contributed by atoms with van der Waals surface area (Å²) in [5.74, 6) is -1.72. The molecule has 2 aliphatic rings. The van der Waals surface area contributed by atoms with Crippen molar-refractivity contribution in [2.45, 2.75) is 97.2 Å². The van der Waals surface area contributed by atoms with Crippen molar-refractivity contribution in [3.8, 4) is 0 Å². The Hall–Kier alpha value is -3.92. The minimum Gasteiger partial charge on any atom is -0.464 e. The van der Waals surface area contributed by atoms with Gasteiger partial charge in [0, 0.05) is 18.9 Å². The fourth-order valence-electron chi connectivity index (χ4n) is 5.76. The number of carbonyl (C=O) groups excluding carboxylic acids is 4. The summed E-state index contributed by atoms with van der Waals surface area (Å²) in [6.07, 6.45) is 1.02. The molecule has 10 heteroatoms. The summed E-state index contributed by atoms with van der Waals surface area (Å²) in [6, 6.07) is 12.2. The lowest BCUT2D eigenvalue weighted by Gasteiger charge is -2.36. The van der Waals surface area contributed by atoms with Crippen LogP contribution < -0.4 is 10.6 Å². The van der Waals surface area contributed by atoms with Crippen LogP contribution in [0.25, 0.3) is 10.8 Å². The lowest BCUT2D eigenvalue weighted by molar-refractivity contribution is -0.150. The van der Waals surface area contributed by atoms with Crippen LogP contribution in [0.5, 0.6) is 0 Å². The summed E-state index contributed by atoms with van der Waals surface area (Å²) >= 11 is 0. The summed E-state index contributed by atoms with van der Waals surface area (Å²) < 4.78 is 17.0. The van der Waals surface area contributed by atoms with Crippen LogP contribution in [0.3, 0.4) is 0 Å². The quantitative estimate of drug-likeness (QED) is 0.286. The van der Waals surface area contributed by atoms with E-state index in [-0.39, 0.29) is 32.1 Å². The number of carbonyl (C=O) groups is 4. The van der Waals surface area contributed by atoms with Gasteiger partial charge >= 0.3 is 12.1 Å². The van der Waals surface area contributed by atoms with Crippen molar-refractivity contribution < 1.29 is 33.4 Å². The maximum Gasteiger partial charge on any atom is 0.408 e. The van der Waals surface area contributed by atoms with Gasteiger partial charge < -0.3 is 29.7 Å². The van der Waals surface area contributed by atoms with Crippen LogP contribution in [0.4, 0.5) is 4.79 Å². The summed E-state index contributed by atoms with van der Waals surface area (Å²) in [7, 11) is 0. The van der Waals surface area contributed by atoms with Gasteiger partial charge in [-0.3, -0.25) is 9.59 Å². The number of ether oxygens (including phenoxy) is 3. The highest BCUT2D eigenvalue weighted by molar-refractivity contribution is 5.96. The standard InChI is InChI=1S/C35H47N3O7/c1-9-25-19-35(25,31(41)43-10-2)37-29(39)27-18-26(44-21-22-15-16-23-13-11-12-14-24(23)17-22)20-38(27)30(40)28(33(3,4)5)36-32(42)45-34(6,7)8/h9,11-17,25-28H,1,10,18-21H2,2-8H3,(H,36,42)(H,37,39)/t25?,26-,27+,28-,35?/m1/s1. The van der Waals surface area contributed by atoms with E-state index in [2.05, 4.69) is 23.3 Å². The van der Waals surface area contributed by atoms with Crippen molar-refractivity contribution >= 4 is 34.6 Å². The summed E-state index contributed by atoms with van der Waals surface area (Å²) in [5.41, 5.74) is -1.73. The Balaban J connectivity index is 1.58. The Morgan fingerprint density at radius 1 is 1.07 bits per heavy atom. The Morgan fingerprint density at radius 3 is 2.36 bits per heavy atom. The van der Waals surface area contributed by atoms with E-state index in [9.17, 15) is 19.2 Å². The monoisotopic (exact) mass is 621 g/mol. The lowest BCUT2D eigenvalue weighted by Crippen LogP contribution is -2.59. The zero-order chi connectivity index (χ0) is 33.2. The Labute approximate surface area is 265 Å². The molecule has 10 nitrogen and oxygen atoms in total. The Kier molecular flexibility index (Phi) is 9.97. The number of hydrogen-bond donors (Lipinski definition) is 2. The highest BCUT2D eigenvalue weighted by Gasteiger charge is 2.62. The number of amides is 3. The van der Waals surface area contributed by atoms with Gasteiger partial charge in [0.2, 0.25) is 11.8 Å². The molecule has 3 amide bonds. The molecule has 1 saturated heterocycles. The van der Waals surface area contributed by atoms with Crippen LogP contribution in [0, 0.1) is 11.3 Å². The van der Waals surface area contributed by atoms with E-state index >= 15 is 0 Å². The van der Waals surface area contributed by atoms with E-state index in [0.717, 1.165) is 16.3 Å². The molecule has 45 heavy (non-hydrogen) atoms. The van der Waals surface area contributed by atoms with Crippen LogP contribution in [0.1, 0.15) is 66.9 Å². The lowest BCUT2D eigenvalue weighted by atomic mass is 9.85. The second kappa shape index (κ2) is 13.2. The molecule has 2 aromatic rings. The predicted molar refractivity (Wildman–Crippen MR) is 171 cm³/mol. The predicted octanol–water partition coefficient (Wildman–Crippen LogP) is 4.89. The molecule has 1 heterocycles. The minimum absolute atomic E-state index is 0.129. The molecule has 2 aromatic carbocycles. The first-order chi connectivity index (χ1) is 21.1. The number of alkyl carbamates (subject to hydrolysis) is 1. The number of rotatable bonds is 10. The molecule has 0 spiro atoms. The molecule has 5 atom stereocenters. The third-order valence-corrected chi connectivity index (χ3v) is 8.21. The van der Waals surface area contributed by atoms with Crippen molar-refractivity contribution in [1.82, 2.24) is 15.5 Å². The molecular weight excluding hydrogens is 574 g/mol. The molecule has 0 radical (unpaired) electrons. The van der Waals surface area contributed by atoms with Crippen molar-refractivity contribution in [3.05, 3.63) is 60.7 Å². The number of benzene rings is 2. The van der Waals surface area contributed by atoms with Gasteiger partial charge in [0.15, 0.2) is 0 Å². The maximum absolute atomic E-state index is 14.2. The summed E-state index contributed by atoms with van der Waals surface area (Å²) in [6.45, 7) is 16.8. The van der Waals surface area contributed by atoms with Gasteiger partial charge in [-0.1, -0.05) is 63.2 Å². The van der Waals surface area contributed by atoms with Crippen LogP contribution in [0.2, 0.25) is 0 Å². The van der Waals surface area contributed by atoms with Crippen LogP contribution in [-0.2, 0) is 35.2 Å². The summed E-state index contributed by atoms with van der Waals surface area (Å²) in [4.78, 5) is 55.3. The second-order valence-electron chi connectivity index (χ2n) is 14.0. The molecule has 4 rings (SSSR count). The third-order valence-electron chi connectivity index (χ3n) is 8.21. The molecule has 0 bridgehead atoms. The largest absolute Gasteiger partial charge is 0.464 e. The zero-order valence-corrected chi connectivity index (χ0v) is 27.5. The average Bonchev–Trinajstić information content (AvgIpc) is 3.50. The highest BCUT2D eigenvalue weighted by Crippen LogP contribution is 2.45. The molecule has 1 aliphatic heterocycles. The third kappa shape index (κ3) is 8.03. The van der Waals surface area contributed by atoms with Gasteiger partial charge in [0.1, 0.15) is 23.2 Å². The van der Waals surface area contributed by atoms with Gasteiger partial charge in [-0.05, 0) is 61.9 Å². The van der Waals surface area contributed by atoms with E-state index < -0.39 is 58.6 Å². The molecular formula is C35H47N3O7. The Bertz CT molecular complexity index is 1440. The smallest absolute Gasteiger partial charge is 0.408 e. The first-order valence-electron chi connectivity index (χ1n) is 15.6. The van der Waals surface area contributed by atoms with E-state index in [1.54, 1.807) is 33.8 Å². The van der Waals surface area contributed by atoms with Gasteiger partial charge in [-0.25, -0.2) is 9.59 Å². The molecule has 244 valence electrons. The topological polar surface area (TPSA) is 123 Å². The fraction of sp³-hybridized carbons (Fsp3) is 0.543. The normalized spacial score (nSPS) is 23.6. The average molecular weight is 622 g/mol. The SMILES string of the molecule is C=CC1CC1(NC(=O)[C@@H]1C[C@@H](OCc2ccc3ccccc3c2)CN1C(=O)[C@@H](NC(=O)OC(C)(C)C)C(C)(C)C)C(=O)OCC. The van der Waals surface area contributed by atoms with Gasteiger partial charge in [-0.2, -0.15) is 0 Å². The number of esters is 1. The van der Waals surface area contributed by atoms with E-state index in [1.807, 2.05) is 57.2 Å². The van der Waals surface area contributed by atoms with Crippen LogP contribution >= 0.6 is 0 Å². The van der Waals surface area contributed by atoms with E-state index in [1.165, 1.54) is 4.90 Å². The number of fused-ring (bicyclic) bond motifs is 1. The van der Waals surface area contributed by atoms with Crippen molar-refractivity contribution in [1.29, 1.82) is 0 Å². The maximum atomic E-state index is 14.2. The molecule has 0 aromatic heterocycles. The van der Waals surface area contributed by atoms with Crippen molar-refractivity contribution in [2.75, 3.05) is 13.2 Å². The minimum atomic E-state index is -1.22. The highest BCUT2D eigenvalue weighted by atomic mass is 16.6. The van der Waals surface area contributed by atoms with Crippen molar-refractivity contribution in [2.24, 2.45) is 11.3 Å². The zero-order valence-electron chi connectivity index (χ0n) is 27.5. The number of likely N-dealkylation sites (tertiary alicyclic amines) is 1. The first-order valence-corrected chi connectivity index (χ1v) is 15.6. The van der Waals surface area contributed by atoms with E-state index in [4.69, 9.17) is 14.2 Å². The second-order valence-corrected chi connectivity index (χ2v) is 14.0. The van der Waals surface area contributed by atoms with Gasteiger partial charge in [0.05, 0.1) is 19.3 Å². The van der Waals surface area contributed by atoms with Crippen LogP contribution in [-0.4, -0.2) is 71.3 Å². The number of hydrogen-bond acceptors (Lipinski definition) is 7. The first kappa shape index (κ1) is 34.0. The molecule has 2 fully saturated rings. The van der Waals surface area contributed by atoms with Crippen LogP contribution in [0.15, 0.2) is 55.1 Å². The number of nitrogens with one attached hydrogen (secondary N) is 2. The Morgan fingerprint density at radius 2 is 1.76 bits per heavy atom. The van der Waals surface area contributed by atoms with Crippen molar-refractivity contribution in [3.63, 3.8) is 0 Å². The van der Waals surface area contributed by atoms with E-state index in [0.29, 0.717) is 6.42 Å². The molecule has 1 saturated carbocycles.